The highest BCUT2D eigenvalue weighted by Gasteiger charge is 2.41. The van der Waals surface area contributed by atoms with Crippen LogP contribution < -0.4 is 5.73 Å². The molecule has 0 aromatic heterocycles. The fourth-order valence-electron chi connectivity index (χ4n) is 4.32. The van der Waals surface area contributed by atoms with Crippen LogP contribution in [0.1, 0.15) is 42.9 Å². The summed E-state index contributed by atoms with van der Waals surface area (Å²) in [6.07, 6.45) is 2.36. The number of halogens is 2. The van der Waals surface area contributed by atoms with E-state index in [1.54, 1.807) is 4.90 Å². The summed E-state index contributed by atoms with van der Waals surface area (Å²) in [6.45, 7) is 3.18. The van der Waals surface area contributed by atoms with Crippen LogP contribution in [-0.4, -0.2) is 36.0 Å². The van der Waals surface area contributed by atoms with E-state index in [0.29, 0.717) is 29.7 Å². The molecule has 0 saturated carbocycles. The number of nitrogens with zero attached hydrogens (tertiary/aromatic N) is 2. The highest BCUT2D eigenvalue weighted by molar-refractivity contribution is 6.32. The summed E-state index contributed by atoms with van der Waals surface area (Å²) in [7, 11) is 0. The van der Waals surface area contributed by atoms with Crippen molar-refractivity contribution in [2.24, 2.45) is 10.7 Å². The quantitative estimate of drug-likeness (QED) is 0.751. The van der Waals surface area contributed by atoms with Crippen molar-refractivity contribution in [3.05, 3.63) is 69.2 Å². The molecule has 2 aromatic rings. The summed E-state index contributed by atoms with van der Waals surface area (Å²) in [5, 5.41) is 1.30. The molecule has 0 unspecified atom stereocenters. The van der Waals surface area contributed by atoms with E-state index >= 15 is 0 Å². The van der Waals surface area contributed by atoms with Crippen molar-refractivity contribution in [1.82, 2.24) is 4.90 Å². The first-order valence-electron chi connectivity index (χ1n) is 10.2. The molecule has 158 valence electrons. The third-order valence-corrected chi connectivity index (χ3v) is 6.74. The molecule has 2 N–H and O–H groups in total. The van der Waals surface area contributed by atoms with Crippen molar-refractivity contribution in [3.8, 4) is 0 Å². The third-order valence-electron chi connectivity index (χ3n) is 5.93. The van der Waals surface area contributed by atoms with E-state index in [4.69, 9.17) is 38.7 Å². The second-order valence-electron chi connectivity index (χ2n) is 8.07. The number of hydrogen-bond donors (Lipinski definition) is 1. The number of benzene rings is 2. The molecular weight excluding hydrogens is 421 g/mol. The SMILES string of the molecule is C[C@@]1(c2cccc(Cc3ccccc3Cl)c2Cl)CC(=O)N(C2CCOCC2)C(N)=N1. The molecule has 2 heterocycles. The van der Waals surface area contributed by atoms with E-state index in [2.05, 4.69) is 0 Å². The zero-order valence-electron chi connectivity index (χ0n) is 16.9. The molecule has 1 saturated heterocycles. The van der Waals surface area contributed by atoms with Crippen LogP contribution >= 0.6 is 23.2 Å². The van der Waals surface area contributed by atoms with Crippen LogP contribution in [0, 0.1) is 0 Å². The fraction of sp³-hybridized carbons (Fsp3) is 0.391. The van der Waals surface area contributed by atoms with Gasteiger partial charge in [0.15, 0.2) is 5.96 Å². The molecule has 1 atom stereocenters. The minimum atomic E-state index is -0.809. The lowest BCUT2D eigenvalue weighted by molar-refractivity contribution is -0.132. The predicted molar refractivity (Wildman–Crippen MR) is 120 cm³/mol. The summed E-state index contributed by atoms with van der Waals surface area (Å²) >= 11 is 13.1. The molecule has 0 radical (unpaired) electrons. The van der Waals surface area contributed by atoms with Crippen molar-refractivity contribution < 1.29 is 9.53 Å². The second kappa shape index (κ2) is 8.58. The van der Waals surface area contributed by atoms with Gasteiger partial charge in [0, 0.05) is 35.7 Å². The molecule has 5 nitrogen and oxygen atoms in total. The summed E-state index contributed by atoms with van der Waals surface area (Å²) in [6, 6.07) is 13.6. The molecule has 1 amide bonds. The lowest BCUT2D eigenvalue weighted by atomic mass is 9.85. The normalized spacial score (nSPS) is 22.8. The largest absolute Gasteiger partial charge is 0.381 e. The Balaban J connectivity index is 1.66. The first-order valence-corrected chi connectivity index (χ1v) is 10.9. The molecule has 2 aromatic carbocycles. The van der Waals surface area contributed by atoms with E-state index < -0.39 is 5.54 Å². The summed E-state index contributed by atoms with van der Waals surface area (Å²) in [5.41, 5.74) is 8.23. The molecule has 1 fully saturated rings. The van der Waals surface area contributed by atoms with Crippen molar-refractivity contribution in [2.75, 3.05) is 13.2 Å². The van der Waals surface area contributed by atoms with E-state index in [-0.39, 0.29) is 24.3 Å². The van der Waals surface area contributed by atoms with E-state index in [1.807, 2.05) is 49.4 Å². The Morgan fingerprint density at radius 1 is 1.13 bits per heavy atom. The van der Waals surface area contributed by atoms with Gasteiger partial charge in [-0.25, -0.2) is 4.99 Å². The van der Waals surface area contributed by atoms with Gasteiger partial charge in [0.2, 0.25) is 5.91 Å². The Morgan fingerprint density at radius 2 is 1.83 bits per heavy atom. The number of carbonyl (C=O) groups is 1. The van der Waals surface area contributed by atoms with Crippen molar-refractivity contribution in [2.45, 2.75) is 44.2 Å². The molecule has 2 aliphatic heterocycles. The van der Waals surface area contributed by atoms with Gasteiger partial charge in [-0.15, -0.1) is 0 Å². The molecule has 30 heavy (non-hydrogen) atoms. The minimum Gasteiger partial charge on any atom is -0.381 e. The Labute approximate surface area is 186 Å². The van der Waals surface area contributed by atoms with Crippen molar-refractivity contribution in [1.29, 1.82) is 0 Å². The van der Waals surface area contributed by atoms with Gasteiger partial charge in [-0.2, -0.15) is 0 Å². The van der Waals surface area contributed by atoms with Crippen molar-refractivity contribution >= 4 is 35.1 Å². The maximum atomic E-state index is 13.1. The maximum Gasteiger partial charge on any atom is 0.232 e. The maximum absolute atomic E-state index is 13.1. The molecule has 0 spiro atoms. The summed E-state index contributed by atoms with van der Waals surface area (Å²) in [5.74, 6) is 0.234. The number of amides is 1. The number of hydrogen-bond acceptors (Lipinski definition) is 4. The Morgan fingerprint density at radius 3 is 2.53 bits per heavy atom. The zero-order chi connectivity index (χ0) is 21.3. The highest BCUT2D eigenvalue weighted by atomic mass is 35.5. The van der Waals surface area contributed by atoms with Crippen LogP contribution in [0.4, 0.5) is 0 Å². The first-order chi connectivity index (χ1) is 14.4. The zero-order valence-corrected chi connectivity index (χ0v) is 18.4. The fourth-order valence-corrected chi connectivity index (χ4v) is 4.92. The topological polar surface area (TPSA) is 67.9 Å². The number of ether oxygens (including phenoxy) is 1. The van der Waals surface area contributed by atoms with Crippen LogP contribution in [0.3, 0.4) is 0 Å². The van der Waals surface area contributed by atoms with E-state index in [9.17, 15) is 4.79 Å². The van der Waals surface area contributed by atoms with Crippen LogP contribution in [-0.2, 0) is 21.5 Å². The Hall–Kier alpha value is -2.08. The van der Waals surface area contributed by atoms with E-state index in [0.717, 1.165) is 29.5 Å². The standard InChI is InChI=1S/C23H25Cl2N3O2/c1-23(14-20(29)28(22(26)27-23)17-9-11-30-12-10-17)18-7-4-6-16(21(18)25)13-15-5-2-3-8-19(15)24/h2-8,17H,9-14H2,1H3,(H2,26,27)/t23-/m0/s1. The molecule has 2 aliphatic rings. The Kier molecular flexibility index (Phi) is 6.05. The van der Waals surface area contributed by atoms with Gasteiger partial charge in [0.25, 0.3) is 0 Å². The number of rotatable bonds is 4. The van der Waals surface area contributed by atoms with Gasteiger partial charge < -0.3 is 10.5 Å². The second-order valence-corrected chi connectivity index (χ2v) is 8.86. The number of aliphatic imine (C=N–C) groups is 1. The lowest BCUT2D eigenvalue weighted by Gasteiger charge is -2.40. The third kappa shape index (κ3) is 4.07. The van der Waals surface area contributed by atoms with Gasteiger partial charge in [0.1, 0.15) is 0 Å². The van der Waals surface area contributed by atoms with Crippen LogP contribution in [0.15, 0.2) is 47.5 Å². The summed E-state index contributed by atoms with van der Waals surface area (Å²) in [4.78, 5) is 19.5. The molecule has 0 bridgehead atoms. The smallest absolute Gasteiger partial charge is 0.232 e. The lowest BCUT2D eigenvalue weighted by Crippen LogP contribution is -2.55. The van der Waals surface area contributed by atoms with E-state index in [1.165, 1.54) is 0 Å². The highest BCUT2D eigenvalue weighted by Crippen LogP contribution is 2.40. The molecular formula is C23H25Cl2N3O2. The predicted octanol–water partition coefficient (Wildman–Crippen LogP) is 4.53. The van der Waals surface area contributed by atoms with Crippen LogP contribution in [0.25, 0.3) is 0 Å². The minimum absolute atomic E-state index is 0.0236. The van der Waals surface area contributed by atoms with Crippen molar-refractivity contribution in [3.63, 3.8) is 0 Å². The summed E-state index contributed by atoms with van der Waals surface area (Å²) < 4.78 is 5.41. The van der Waals surface area contributed by atoms with Gasteiger partial charge in [-0.3, -0.25) is 9.69 Å². The number of nitrogens with two attached hydrogens (primary N) is 1. The average Bonchev–Trinajstić information content (AvgIpc) is 2.71. The molecule has 7 heteroatoms. The molecule has 0 aliphatic carbocycles. The van der Waals surface area contributed by atoms with Gasteiger partial charge in [-0.05, 0) is 42.5 Å². The van der Waals surface area contributed by atoms with Gasteiger partial charge in [0.05, 0.1) is 12.0 Å². The Bertz CT molecular complexity index is 988. The molecule has 4 rings (SSSR count). The first kappa shape index (κ1) is 21.2. The van der Waals surface area contributed by atoms with Gasteiger partial charge >= 0.3 is 0 Å². The number of guanidine groups is 1. The number of carbonyl (C=O) groups excluding carboxylic acids is 1. The van der Waals surface area contributed by atoms with Crippen LogP contribution in [0.5, 0.6) is 0 Å². The monoisotopic (exact) mass is 445 g/mol. The van der Waals surface area contributed by atoms with Crippen LogP contribution in [0.2, 0.25) is 10.0 Å². The van der Waals surface area contributed by atoms with Gasteiger partial charge in [-0.1, -0.05) is 59.6 Å². The average molecular weight is 446 g/mol.